The van der Waals surface area contributed by atoms with Gasteiger partial charge in [0.2, 0.25) is 5.13 Å². The van der Waals surface area contributed by atoms with Gasteiger partial charge in [0.1, 0.15) is 6.61 Å². The van der Waals surface area contributed by atoms with Crippen LogP contribution in [0.15, 0.2) is 18.3 Å². The molecule has 2 aromatic heterocycles. The molecule has 0 saturated carbocycles. The summed E-state index contributed by atoms with van der Waals surface area (Å²) in [5.41, 5.74) is 2.26. The zero-order valence-electron chi connectivity index (χ0n) is 10.5. The SMILES string of the molecule is COCc1nsc(NCCc2ccc(C)nc2)n1. The van der Waals surface area contributed by atoms with Crippen LogP contribution < -0.4 is 5.32 Å². The molecule has 2 heterocycles. The molecule has 2 aromatic rings. The molecule has 0 bridgehead atoms. The van der Waals surface area contributed by atoms with Crippen LogP contribution in [0.4, 0.5) is 5.13 Å². The molecule has 0 unspecified atom stereocenters. The highest BCUT2D eigenvalue weighted by molar-refractivity contribution is 7.09. The van der Waals surface area contributed by atoms with Gasteiger partial charge in [-0.1, -0.05) is 6.07 Å². The van der Waals surface area contributed by atoms with E-state index >= 15 is 0 Å². The molecule has 1 N–H and O–H groups in total. The number of rotatable bonds is 6. The summed E-state index contributed by atoms with van der Waals surface area (Å²) in [7, 11) is 1.64. The monoisotopic (exact) mass is 264 g/mol. The van der Waals surface area contributed by atoms with Crippen molar-refractivity contribution < 1.29 is 4.74 Å². The van der Waals surface area contributed by atoms with Crippen LogP contribution in [0.25, 0.3) is 0 Å². The van der Waals surface area contributed by atoms with Crippen molar-refractivity contribution in [3.8, 4) is 0 Å². The van der Waals surface area contributed by atoms with Crippen LogP contribution in [0, 0.1) is 6.92 Å². The van der Waals surface area contributed by atoms with Crippen LogP contribution in [-0.2, 0) is 17.8 Å². The van der Waals surface area contributed by atoms with Crippen molar-refractivity contribution in [1.82, 2.24) is 14.3 Å². The van der Waals surface area contributed by atoms with Gasteiger partial charge in [-0.05, 0) is 25.0 Å². The third-order valence-corrected chi connectivity index (χ3v) is 3.11. The number of nitrogens with one attached hydrogen (secondary N) is 1. The summed E-state index contributed by atoms with van der Waals surface area (Å²) in [6.45, 7) is 3.27. The van der Waals surface area contributed by atoms with Gasteiger partial charge in [0.15, 0.2) is 5.82 Å². The third-order valence-electron chi connectivity index (χ3n) is 2.40. The summed E-state index contributed by atoms with van der Waals surface area (Å²) in [5, 5.41) is 4.08. The molecule has 0 amide bonds. The molecule has 5 nitrogen and oxygen atoms in total. The molecule has 0 fully saturated rings. The summed E-state index contributed by atoms with van der Waals surface area (Å²) >= 11 is 1.36. The second-order valence-corrected chi connectivity index (χ2v) is 4.69. The van der Waals surface area contributed by atoms with Crippen molar-refractivity contribution in [3.05, 3.63) is 35.4 Å². The first kappa shape index (κ1) is 12.9. The molecule has 0 aliphatic carbocycles. The molecule has 0 radical (unpaired) electrons. The second-order valence-electron chi connectivity index (χ2n) is 3.93. The Balaban J connectivity index is 1.79. The van der Waals surface area contributed by atoms with Crippen molar-refractivity contribution in [2.45, 2.75) is 20.0 Å². The van der Waals surface area contributed by atoms with Gasteiger partial charge < -0.3 is 10.1 Å². The third kappa shape index (κ3) is 3.75. The van der Waals surface area contributed by atoms with Gasteiger partial charge in [-0.15, -0.1) is 0 Å². The molecule has 6 heteroatoms. The normalized spacial score (nSPS) is 10.6. The van der Waals surface area contributed by atoms with Crippen molar-refractivity contribution >= 4 is 16.7 Å². The number of aryl methyl sites for hydroxylation is 1. The van der Waals surface area contributed by atoms with Crippen LogP contribution in [-0.4, -0.2) is 28.0 Å². The number of aromatic nitrogens is 3. The number of methoxy groups -OCH3 is 1. The molecule has 0 aliphatic heterocycles. The standard InChI is InChI=1S/C12H16N4OS/c1-9-3-4-10(7-14-9)5-6-13-12-15-11(8-17-2)16-18-12/h3-4,7H,5-6,8H2,1-2H3,(H,13,15,16). The first-order chi connectivity index (χ1) is 8.78. The molecular weight excluding hydrogens is 248 g/mol. The minimum absolute atomic E-state index is 0.458. The van der Waals surface area contributed by atoms with Crippen molar-refractivity contribution in [2.24, 2.45) is 0 Å². The smallest absolute Gasteiger partial charge is 0.202 e. The van der Waals surface area contributed by atoms with Gasteiger partial charge >= 0.3 is 0 Å². The van der Waals surface area contributed by atoms with Crippen molar-refractivity contribution in [2.75, 3.05) is 19.0 Å². The van der Waals surface area contributed by atoms with Crippen molar-refractivity contribution in [1.29, 1.82) is 0 Å². The first-order valence-corrected chi connectivity index (χ1v) is 6.52. The van der Waals surface area contributed by atoms with Gasteiger partial charge in [-0.2, -0.15) is 4.37 Å². The van der Waals surface area contributed by atoms with E-state index in [2.05, 4.69) is 25.7 Å². The predicted molar refractivity (Wildman–Crippen MR) is 71.8 cm³/mol. The van der Waals surface area contributed by atoms with Crippen LogP contribution in [0.2, 0.25) is 0 Å². The van der Waals surface area contributed by atoms with Crippen molar-refractivity contribution in [3.63, 3.8) is 0 Å². The van der Waals surface area contributed by atoms with Gasteiger partial charge in [0.05, 0.1) is 0 Å². The van der Waals surface area contributed by atoms with Crippen LogP contribution >= 0.6 is 11.5 Å². The maximum atomic E-state index is 4.97. The average Bonchev–Trinajstić information content (AvgIpc) is 2.80. The summed E-state index contributed by atoms with van der Waals surface area (Å²) in [4.78, 5) is 8.56. The fourth-order valence-electron chi connectivity index (χ4n) is 1.47. The fourth-order valence-corrected chi connectivity index (χ4v) is 2.07. The Labute approximate surface area is 110 Å². The Bertz CT molecular complexity index is 483. The number of hydrogen-bond donors (Lipinski definition) is 1. The van der Waals surface area contributed by atoms with E-state index in [0.717, 1.165) is 29.6 Å². The summed E-state index contributed by atoms with van der Waals surface area (Å²) in [5.74, 6) is 0.724. The molecule has 0 aromatic carbocycles. The van der Waals surface area contributed by atoms with Crippen LogP contribution in [0.3, 0.4) is 0 Å². The molecule has 0 aliphatic rings. The van der Waals surface area contributed by atoms with E-state index in [1.807, 2.05) is 19.2 Å². The number of pyridine rings is 1. The highest BCUT2D eigenvalue weighted by Crippen LogP contribution is 2.11. The first-order valence-electron chi connectivity index (χ1n) is 5.75. The van der Waals surface area contributed by atoms with E-state index in [-0.39, 0.29) is 0 Å². The summed E-state index contributed by atoms with van der Waals surface area (Å²) < 4.78 is 9.15. The molecule has 0 atom stereocenters. The zero-order chi connectivity index (χ0) is 12.8. The number of hydrogen-bond acceptors (Lipinski definition) is 6. The van der Waals surface area contributed by atoms with Crippen LogP contribution in [0.5, 0.6) is 0 Å². The largest absolute Gasteiger partial charge is 0.377 e. The predicted octanol–water partition coefficient (Wildman–Crippen LogP) is 2.04. The molecular formula is C12H16N4OS. The zero-order valence-corrected chi connectivity index (χ0v) is 11.3. The number of ether oxygens (including phenoxy) is 1. The lowest BCUT2D eigenvalue weighted by atomic mass is 10.2. The van der Waals surface area contributed by atoms with Gasteiger partial charge in [-0.3, -0.25) is 4.98 Å². The minimum Gasteiger partial charge on any atom is -0.377 e. The topological polar surface area (TPSA) is 59.9 Å². The maximum Gasteiger partial charge on any atom is 0.202 e. The van der Waals surface area contributed by atoms with Crippen LogP contribution in [0.1, 0.15) is 17.1 Å². The second kappa shape index (κ2) is 6.42. The lowest BCUT2D eigenvalue weighted by Gasteiger charge is -2.02. The molecule has 0 spiro atoms. The maximum absolute atomic E-state index is 4.97. The Morgan fingerprint density at radius 2 is 2.28 bits per heavy atom. The van der Waals surface area contributed by atoms with E-state index in [4.69, 9.17) is 4.74 Å². The van der Waals surface area contributed by atoms with E-state index in [1.165, 1.54) is 17.1 Å². The van der Waals surface area contributed by atoms with E-state index in [0.29, 0.717) is 6.61 Å². The van der Waals surface area contributed by atoms with E-state index < -0.39 is 0 Å². The molecule has 2 rings (SSSR count). The minimum atomic E-state index is 0.458. The van der Waals surface area contributed by atoms with Gasteiger partial charge in [-0.25, -0.2) is 4.98 Å². The van der Waals surface area contributed by atoms with E-state index in [9.17, 15) is 0 Å². The van der Waals surface area contributed by atoms with Gasteiger partial charge in [0.25, 0.3) is 0 Å². The Morgan fingerprint density at radius 1 is 1.39 bits per heavy atom. The fraction of sp³-hybridized carbons (Fsp3) is 0.417. The summed E-state index contributed by atoms with van der Waals surface area (Å²) in [6, 6.07) is 4.12. The van der Waals surface area contributed by atoms with E-state index in [1.54, 1.807) is 7.11 Å². The quantitative estimate of drug-likeness (QED) is 0.865. The highest BCUT2D eigenvalue weighted by atomic mass is 32.1. The molecule has 18 heavy (non-hydrogen) atoms. The Morgan fingerprint density at radius 3 is 3.00 bits per heavy atom. The number of nitrogens with zero attached hydrogens (tertiary/aromatic N) is 3. The van der Waals surface area contributed by atoms with Gasteiger partial charge in [0, 0.05) is 37.1 Å². The number of anilines is 1. The molecule has 96 valence electrons. The molecule has 0 saturated heterocycles. The Hall–Kier alpha value is -1.53. The Kier molecular flexibility index (Phi) is 4.60. The average molecular weight is 264 g/mol. The summed E-state index contributed by atoms with van der Waals surface area (Å²) in [6.07, 6.45) is 2.83. The lowest BCUT2D eigenvalue weighted by molar-refractivity contribution is 0.179. The lowest BCUT2D eigenvalue weighted by Crippen LogP contribution is -2.05. The highest BCUT2D eigenvalue weighted by Gasteiger charge is 2.02.